The normalized spacial score (nSPS) is 12.3. The van der Waals surface area contributed by atoms with E-state index in [0.717, 1.165) is 34.5 Å². The standard InChI is InChI=1S/C23H25N3O2S/c1-17(28-3)11-19(15-25(2)16-27)22-12-20-21(8-5-9-23(20)29-4)26(22)14-18-7-6-10-24-13-18/h5-13,15-16H,14H2,1-4H3/b17-11+,19-15+. The molecule has 0 aliphatic rings. The van der Waals surface area contributed by atoms with Gasteiger partial charge in [-0.1, -0.05) is 12.1 Å². The van der Waals surface area contributed by atoms with Crippen LogP contribution in [0.15, 0.2) is 71.7 Å². The lowest BCUT2D eigenvalue weighted by Gasteiger charge is -2.14. The number of carbonyl (C=O) groups is 1. The molecule has 2 heterocycles. The number of nitrogens with zero attached hydrogens (tertiary/aromatic N) is 3. The van der Waals surface area contributed by atoms with Crippen LogP contribution in [0.1, 0.15) is 18.2 Å². The van der Waals surface area contributed by atoms with Gasteiger partial charge >= 0.3 is 0 Å². The number of methoxy groups -OCH3 is 1. The molecule has 0 fully saturated rings. The van der Waals surface area contributed by atoms with Crippen molar-refractivity contribution in [2.45, 2.75) is 18.4 Å². The number of fused-ring (bicyclic) bond motifs is 1. The summed E-state index contributed by atoms with van der Waals surface area (Å²) in [5, 5.41) is 1.18. The summed E-state index contributed by atoms with van der Waals surface area (Å²) in [5.74, 6) is 0.763. The number of thioether (sulfide) groups is 1. The van der Waals surface area contributed by atoms with E-state index in [9.17, 15) is 4.79 Å². The summed E-state index contributed by atoms with van der Waals surface area (Å²) in [7, 11) is 3.37. The summed E-state index contributed by atoms with van der Waals surface area (Å²) in [6.45, 7) is 2.57. The number of hydrogen-bond donors (Lipinski definition) is 0. The second kappa shape index (κ2) is 9.47. The van der Waals surface area contributed by atoms with Crippen LogP contribution in [0.3, 0.4) is 0 Å². The van der Waals surface area contributed by atoms with E-state index in [0.29, 0.717) is 6.54 Å². The molecule has 0 radical (unpaired) electrons. The molecule has 0 N–H and O–H groups in total. The van der Waals surface area contributed by atoms with E-state index in [-0.39, 0.29) is 0 Å². The summed E-state index contributed by atoms with van der Waals surface area (Å²) < 4.78 is 7.64. The van der Waals surface area contributed by atoms with Gasteiger partial charge in [0.25, 0.3) is 0 Å². The van der Waals surface area contributed by atoms with Crippen LogP contribution >= 0.6 is 11.8 Å². The molecule has 0 bridgehead atoms. The number of pyridine rings is 1. The van der Waals surface area contributed by atoms with E-state index < -0.39 is 0 Å². The smallest absolute Gasteiger partial charge is 0.213 e. The zero-order valence-electron chi connectivity index (χ0n) is 17.1. The van der Waals surface area contributed by atoms with Crippen molar-refractivity contribution in [2.24, 2.45) is 0 Å². The molecule has 1 amide bonds. The van der Waals surface area contributed by atoms with Crippen LogP contribution < -0.4 is 0 Å². The zero-order chi connectivity index (χ0) is 20.8. The fraction of sp³-hybridized carbons (Fsp3) is 0.217. The van der Waals surface area contributed by atoms with Crippen LogP contribution in [-0.2, 0) is 16.1 Å². The number of rotatable bonds is 8. The van der Waals surface area contributed by atoms with Crippen molar-refractivity contribution in [3.8, 4) is 0 Å². The van der Waals surface area contributed by atoms with Gasteiger partial charge in [-0.25, -0.2) is 0 Å². The fourth-order valence-corrected chi connectivity index (χ4v) is 3.82. The minimum absolute atomic E-state index is 0.673. The molecule has 150 valence electrons. The van der Waals surface area contributed by atoms with Gasteiger partial charge in [-0.05, 0) is 49.1 Å². The van der Waals surface area contributed by atoms with Crippen LogP contribution in [-0.4, -0.2) is 41.3 Å². The van der Waals surface area contributed by atoms with Crippen LogP contribution in [0, 0.1) is 0 Å². The topological polar surface area (TPSA) is 47.4 Å². The SMILES string of the molecule is CO/C(C)=C/C(=C\N(C)C=O)c1cc2c(SC)cccc2n1Cc1cccnc1. The van der Waals surface area contributed by atoms with Crippen molar-refractivity contribution < 1.29 is 9.53 Å². The molecule has 1 aromatic carbocycles. The Morgan fingerprint density at radius 1 is 1.31 bits per heavy atom. The molecule has 5 nitrogen and oxygen atoms in total. The maximum absolute atomic E-state index is 11.3. The lowest BCUT2D eigenvalue weighted by Crippen LogP contribution is -2.10. The summed E-state index contributed by atoms with van der Waals surface area (Å²) in [4.78, 5) is 18.3. The molecule has 6 heteroatoms. The van der Waals surface area contributed by atoms with Gasteiger partial charge in [0.2, 0.25) is 6.41 Å². The largest absolute Gasteiger partial charge is 0.501 e. The van der Waals surface area contributed by atoms with E-state index in [1.165, 1.54) is 15.2 Å². The predicted molar refractivity (Wildman–Crippen MR) is 120 cm³/mol. The Bertz CT molecular complexity index is 1050. The van der Waals surface area contributed by atoms with Crippen LogP contribution in [0.4, 0.5) is 0 Å². The third-order valence-electron chi connectivity index (χ3n) is 4.67. The highest BCUT2D eigenvalue weighted by Crippen LogP contribution is 2.33. The highest BCUT2D eigenvalue weighted by molar-refractivity contribution is 7.98. The highest BCUT2D eigenvalue weighted by atomic mass is 32.2. The quantitative estimate of drug-likeness (QED) is 0.233. The Hall–Kier alpha value is -2.99. The van der Waals surface area contributed by atoms with Gasteiger partial charge in [0.15, 0.2) is 0 Å². The van der Waals surface area contributed by atoms with Crippen molar-refractivity contribution >= 4 is 34.6 Å². The minimum Gasteiger partial charge on any atom is -0.501 e. The molecular weight excluding hydrogens is 382 g/mol. The maximum atomic E-state index is 11.3. The maximum Gasteiger partial charge on any atom is 0.213 e. The second-order valence-corrected chi connectivity index (χ2v) is 7.53. The van der Waals surface area contributed by atoms with Gasteiger partial charge in [0, 0.05) is 53.6 Å². The molecule has 3 aromatic rings. The molecule has 0 aliphatic heterocycles. The number of amides is 1. The highest BCUT2D eigenvalue weighted by Gasteiger charge is 2.15. The Morgan fingerprint density at radius 3 is 2.79 bits per heavy atom. The van der Waals surface area contributed by atoms with Gasteiger partial charge in [-0.3, -0.25) is 9.78 Å². The third kappa shape index (κ3) is 4.71. The van der Waals surface area contributed by atoms with Gasteiger partial charge in [0.1, 0.15) is 0 Å². The number of allylic oxidation sites excluding steroid dienone is 3. The molecule has 0 atom stereocenters. The van der Waals surface area contributed by atoms with Gasteiger partial charge in [-0.15, -0.1) is 11.8 Å². The second-order valence-electron chi connectivity index (χ2n) is 6.68. The van der Waals surface area contributed by atoms with Crippen LogP contribution in [0.2, 0.25) is 0 Å². The van der Waals surface area contributed by atoms with E-state index in [1.807, 2.05) is 31.5 Å². The first kappa shape index (κ1) is 20.7. The molecule has 0 unspecified atom stereocenters. The zero-order valence-corrected chi connectivity index (χ0v) is 17.9. The Labute approximate surface area is 175 Å². The van der Waals surface area contributed by atoms with E-state index in [4.69, 9.17) is 4.74 Å². The summed E-state index contributed by atoms with van der Waals surface area (Å²) in [6, 6.07) is 12.5. The number of carbonyl (C=O) groups excluding carboxylic acids is 1. The van der Waals surface area contributed by atoms with Gasteiger partial charge < -0.3 is 14.2 Å². The monoisotopic (exact) mass is 407 g/mol. The summed E-state index contributed by atoms with van der Waals surface area (Å²) in [6.07, 6.45) is 10.3. The Morgan fingerprint density at radius 2 is 2.14 bits per heavy atom. The summed E-state index contributed by atoms with van der Waals surface area (Å²) >= 11 is 1.72. The molecule has 0 saturated carbocycles. The number of benzene rings is 1. The van der Waals surface area contributed by atoms with Crippen molar-refractivity contribution in [2.75, 3.05) is 20.4 Å². The Kier molecular flexibility index (Phi) is 6.77. The average molecular weight is 408 g/mol. The lowest BCUT2D eigenvalue weighted by atomic mass is 10.1. The van der Waals surface area contributed by atoms with E-state index in [2.05, 4.69) is 46.1 Å². The van der Waals surface area contributed by atoms with Crippen LogP contribution in [0.5, 0.6) is 0 Å². The summed E-state index contributed by atoms with van der Waals surface area (Å²) in [5.41, 5.74) is 4.15. The third-order valence-corrected chi connectivity index (χ3v) is 5.47. The molecule has 3 rings (SSSR count). The van der Waals surface area contributed by atoms with Crippen LogP contribution in [0.25, 0.3) is 16.5 Å². The molecule has 0 saturated heterocycles. The van der Waals surface area contributed by atoms with Crippen molar-refractivity contribution in [1.82, 2.24) is 14.5 Å². The first-order valence-corrected chi connectivity index (χ1v) is 10.5. The van der Waals surface area contributed by atoms with E-state index in [1.54, 1.807) is 32.1 Å². The molecule has 0 aliphatic carbocycles. The minimum atomic E-state index is 0.673. The number of aromatic nitrogens is 2. The van der Waals surface area contributed by atoms with Gasteiger partial charge in [0.05, 0.1) is 18.6 Å². The fourth-order valence-electron chi connectivity index (χ4n) is 3.22. The molecular formula is C23H25N3O2S. The molecule has 2 aromatic heterocycles. The lowest BCUT2D eigenvalue weighted by molar-refractivity contribution is -0.114. The van der Waals surface area contributed by atoms with Crippen molar-refractivity contribution in [3.63, 3.8) is 0 Å². The Balaban J connectivity index is 2.27. The first-order valence-electron chi connectivity index (χ1n) is 9.24. The van der Waals surface area contributed by atoms with Crippen molar-refractivity contribution in [3.05, 3.63) is 78.1 Å². The molecule has 0 spiro atoms. The first-order chi connectivity index (χ1) is 14.1. The number of ether oxygens (including phenoxy) is 1. The average Bonchev–Trinajstić information content (AvgIpc) is 3.12. The van der Waals surface area contributed by atoms with Crippen molar-refractivity contribution in [1.29, 1.82) is 0 Å². The van der Waals surface area contributed by atoms with Gasteiger partial charge in [-0.2, -0.15) is 0 Å². The molecule has 29 heavy (non-hydrogen) atoms. The van der Waals surface area contributed by atoms with E-state index >= 15 is 0 Å². The predicted octanol–water partition coefficient (Wildman–Crippen LogP) is 4.79. The number of hydrogen-bond acceptors (Lipinski definition) is 4.